The first-order valence-electron chi connectivity index (χ1n) is 38.2. The second kappa shape index (κ2) is 27.3. The molecule has 2 heterocycles. The van der Waals surface area contributed by atoms with Crippen molar-refractivity contribution in [2.24, 2.45) is 0 Å². The third-order valence-corrected chi connectivity index (χ3v) is 22.4. The number of nitrogens with zero attached hydrogens (tertiary/aromatic N) is 4. The van der Waals surface area contributed by atoms with Crippen LogP contribution in [0.2, 0.25) is 0 Å². The van der Waals surface area contributed by atoms with Gasteiger partial charge in [-0.25, -0.2) is 0 Å². The van der Waals surface area contributed by atoms with Crippen molar-refractivity contribution in [3.05, 3.63) is 331 Å². The third kappa shape index (κ3) is 13.3. The summed E-state index contributed by atoms with van der Waals surface area (Å²) in [5, 5.41) is 0. The molecule has 0 unspecified atom stereocenters. The van der Waals surface area contributed by atoms with Gasteiger partial charge >= 0.3 is 0 Å². The second-order valence-corrected chi connectivity index (χ2v) is 33.7. The highest BCUT2D eigenvalue weighted by Gasteiger charge is 2.46. The molecule has 13 aromatic carbocycles. The Morgan fingerprint density at radius 1 is 0.267 bits per heavy atom. The van der Waals surface area contributed by atoms with Gasteiger partial charge in [0.2, 0.25) is 0 Å². The Balaban J connectivity index is 1.01. The maximum Gasteiger partial charge on any atom is 0.252 e. The minimum atomic E-state index is -0.207. The van der Waals surface area contributed by atoms with Gasteiger partial charge in [0, 0.05) is 68.0 Å². The molecule has 0 aromatic heterocycles. The molecule has 1 aliphatic carbocycles. The SMILES string of the molecule is CC(C)(C)c1ccc(-c2cc(C(C)(C)C)ccc2N2c3ccc(-c4cccc(N(c5ccccc5)c5ccccc5)c4)cc3B3c4cc(-c5cccc(N(c6ccccc6)c6ccccc6)c5)ccc4N(c4ccc(C(C)(C)C)cc4-c4ccc(C(C)(C)C)cc4)c4cc(C5CCCCC5)cc2c43)cc1. The highest BCUT2D eigenvalue weighted by atomic mass is 15.2. The Morgan fingerprint density at radius 2 is 0.581 bits per heavy atom. The van der Waals surface area contributed by atoms with Gasteiger partial charge in [-0.05, 0) is 239 Å². The summed E-state index contributed by atoms with van der Waals surface area (Å²) < 4.78 is 0. The van der Waals surface area contributed by atoms with Gasteiger partial charge in [-0.1, -0.05) is 284 Å². The largest absolute Gasteiger partial charge is 0.311 e. The van der Waals surface area contributed by atoms with E-state index >= 15 is 0 Å². The van der Waals surface area contributed by atoms with E-state index in [0.717, 1.165) is 69.2 Å². The Bertz CT molecular complexity index is 4920. The summed E-state index contributed by atoms with van der Waals surface area (Å²) in [5.41, 5.74) is 33.6. The lowest BCUT2D eigenvalue weighted by molar-refractivity contribution is 0.444. The fourth-order valence-electron chi connectivity index (χ4n) is 16.6. The molecule has 0 radical (unpaired) electrons. The highest BCUT2D eigenvalue weighted by molar-refractivity contribution is 7.00. The van der Waals surface area contributed by atoms with Crippen molar-refractivity contribution in [2.75, 3.05) is 19.6 Å². The monoisotopic (exact) mass is 1360 g/mol. The zero-order valence-corrected chi connectivity index (χ0v) is 63.3. The van der Waals surface area contributed by atoms with Crippen LogP contribution in [0, 0.1) is 0 Å². The molecule has 0 amide bonds. The lowest BCUT2D eigenvalue weighted by Crippen LogP contribution is -2.61. The number of hydrogen-bond donors (Lipinski definition) is 0. The second-order valence-electron chi connectivity index (χ2n) is 33.7. The van der Waals surface area contributed by atoms with Crippen molar-refractivity contribution >= 4 is 91.3 Å². The van der Waals surface area contributed by atoms with E-state index in [4.69, 9.17) is 0 Å². The van der Waals surface area contributed by atoms with Crippen LogP contribution in [0.3, 0.4) is 0 Å². The summed E-state index contributed by atoms with van der Waals surface area (Å²) in [4.78, 5) is 10.2. The summed E-state index contributed by atoms with van der Waals surface area (Å²) in [6.45, 7) is 27.9. The van der Waals surface area contributed by atoms with Gasteiger partial charge in [-0.2, -0.15) is 0 Å². The summed E-state index contributed by atoms with van der Waals surface area (Å²) >= 11 is 0. The number of anilines is 12. The van der Waals surface area contributed by atoms with Crippen molar-refractivity contribution in [1.29, 1.82) is 0 Å². The molecule has 520 valence electrons. The third-order valence-electron chi connectivity index (χ3n) is 22.4. The van der Waals surface area contributed by atoms with Gasteiger partial charge in [0.25, 0.3) is 6.71 Å². The maximum absolute atomic E-state index is 2.72. The molecule has 13 aromatic rings. The van der Waals surface area contributed by atoms with Crippen LogP contribution < -0.4 is 36.0 Å². The van der Waals surface area contributed by atoms with Crippen LogP contribution in [-0.2, 0) is 21.7 Å². The van der Waals surface area contributed by atoms with E-state index < -0.39 is 0 Å². The average molecular weight is 1370 g/mol. The van der Waals surface area contributed by atoms with Crippen LogP contribution in [-0.4, -0.2) is 6.71 Å². The van der Waals surface area contributed by atoms with Crippen LogP contribution in [0.25, 0.3) is 44.5 Å². The van der Waals surface area contributed by atoms with Crippen LogP contribution in [0.1, 0.15) is 149 Å². The fraction of sp³-hybridized carbons (Fsp3) is 0.220. The van der Waals surface area contributed by atoms with Crippen LogP contribution in [0.15, 0.2) is 303 Å². The molecule has 105 heavy (non-hydrogen) atoms. The summed E-state index contributed by atoms with van der Waals surface area (Å²) in [7, 11) is 0. The average Bonchev–Trinajstić information content (AvgIpc) is 0.690. The maximum atomic E-state index is 2.72. The van der Waals surface area contributed by atoms with Gasteiger partial charge in [0.15, 0.2) is 0 Å². The van der Waals surface area contributed by atoms with Gasteiger partial charge in [-0.15, -0.1) is 0 Å². The molecule has 5 heteroatoms. The predicted octanol–water partition coefficient (Wildman–Crippen LogP) is 26.6. The van der Waals surface area contributed by atoms with E-state index in [-0.39, 0.29) is 28.4 Å². The van der Waals surface area contributed by atoms with Gasteiger partial charge in [0.1, 0.15) is 0 Å². The first kappa shape index (κ1) is 68.5. The predicted molar refractivity (Wildman–Crippen MR) is 452 cm³/mol. The zero-order chi connectivity index (χ0) is 72.5. The molecule has 0 saturated heterocycles. The summed E-state index contributed by atoms with van der Waals surface area (Å²) in [6, 6.07) is 116. The zero-order valence-electron chi connectivity index (χ0n) is 63.3. The normalized spacial score (nSPS) is 13.8. The van der Waals surface area contributed by atoms with Crippen LogP contribution >= 0.6 is 0 Å². The molecule has 2 aliphatic heterocycles. The first-order valence-corrected chi connectivity index (χ1v) is 38.2. The Labute approximate surface area is 625 Å². The van der Waals surface area contributed by atoms with Gasteiger partial charge in [-0.3, -0.25) is 0 Å². The Kier molecular flexibility index (Phi) is 17.8. The number of benzene rings is 13. The smallest absolute Gasteiger partial charge is 0.252 e. The van der Waals surface area contributed by atoms with Gasteiger partial charge in [0.05, 0.1) is 11.4 Å². The van der Waals surface area contributed by atoms with Gasteiger partial charge < -0.3 is 19.6 Å². The molecule has 4 nitrogen and oxygen atoms in total. The van der Waals surface area contributed by atoms with Crippen molar-refractivity contribution in [2.45, 2.75) is 143 Å². The highest BCUT2D eigenvalue weighted by Crippen LogP contribution is 2.53. The molecule has 0 atom stereocenters. The van der Waals surface area contributed by atoms with Crippen LogP contribution in [0.5, 0.6) is 0 Å². The van der Waals surface area contributed by atoms with Crippen molar-refractivity contribution in [3.63, 3.8) is 0 Å². The van der Waals surface area contributed by atoms with Crippen molar-refractivity contribution in [3.8, 4) is 44.5 Å². The first-order chi connectivity index (χ1) is 50.6. The van der Waals surface area contributed by atoms with E-state index in [1.54, 1.807) is 0 Å². The van der Waals surface area contributed by atoms with Crippen molar-refractivity contribution < 1.29 is 0 Å². The molecule has 16 rings (SSSR count). The molecule has 0 spiro atoms. The topological polar surface area (TPSA) is 13.0 Å². The molecule has 3 aliphatic rings. The van der Waals surface area contributed by atoms with E-state index in [0.29, 0.717) is 5.92 Å². The van der Waals surface area contributed by atoms with E-state index in [2.05, 4.69) is 406 Å². The Morgan fingerprint density at radius 3 is 0.933 bits per heavy atom. The number of fused-ring (bicyclic) bond motifs is 4. The minimum absolute atomic E-state index is 0.00895. The van der Waals surface area contributed by atoms with E-state index in [1.807, 2.05) is 0 Å². The lowest BCUT2D eigenvalue weighted by atomic mass is 9.33. The van der Waals surface area contributed by atoms with E-state index in [9.17, 15) is 0 Å². The van der Waals surface area contributed by atoms with Crippen molar-refractivity contribution in [1.82, 2.24) is 0 Å². The standard InChI is InChI=1S/C100H97BN4/c1-97(2,3)76-50-44-69(45-51-76)86-66-78(99(7,8)9)54-58-90(86)104-92-56-48-73(71-32-28-42-84(60-71)102(80-34-20-14-21-35-80)81-36-22-15-23-37-81)62-88(92)101-89-63-74(72-33-29-43-85(61-72)103(82-38-24-16-25-39-82)83-40-26-17-27-41-83)49-57-93(89)105(95-65-75(64-94(104)96(95)101)68-30-18-13-19-31-68)91-59-55-79(100(10,11)12)67-87(91)70-46-52-77(53-47-70)98(4,5)6/h14-17,20-29,32-68H,13,18-19,30-31H2,1-12H3. The minimum Gasteiger partial charge on any atom is -0.311 e. The molecule has 0 bridgehead atoms. The van der Waals surface area contributed by atoms with E-state index in [1.165, 1.54) is 120 Å². The molecular formula is C100H97BN4. The molecule has 1 fully saturated rings. The molecule has 0 N–H and O–H groups in total. The quantitative estimate of drug-likeness (QED) is 0.107. The summed E-state index contributed by atoms with van der Waals surface area (Å²) in [5.74, 6) is 0.396. The Hall–Kier alpha value is -10.9. The molecule has 1 saturated carbocycles. The van der Waals surface area contributed by atoms with Crippen LogP contribution in [0.4, 0.5) is 68.2 Å². The number of rotatable bonds is 13. The molecular weight excluding hydrogens is 1270 g/mol. The lowest BCUT2D eigenvalue weighted by Gasteiger charge is -2.46. The number of para-hydroxylation sites is 4. The summed E-state index contributed by atoms with van der Waals surface area (Å²) in [6.07, 6.45) is 6.04. The fourth-order valence-corrected chi connectivity index (χ4v) is 16.6. The number of hydrogen-bond acceptors (Lipinski definition) is 4.